The number of nitrogens with zero attached hydrogens (tertiary/aromatic N) is 8. The molecule has 0 amide bonds. The van der Waals surface area contributed by atoms with Gasteiger partial charge in [0.05, 0.1) is 11.4 Å². The van der Waals surface area contributed by atoms with Crippen LogP contribution in [0.25, 0.3) is 11.0 Å². The Labute approximate surface area is 357 Å². The normalized spacial score (nSPS) is 33.6. The Hall–Kier alpha value is -5.15. The topological polar surface area (TPSA) is 251 Å². The van der Waals surface area contributed by atoms with E-state index >= 15 is 0 Å². The van der Waals surface area contributed by atoms with Gasteiger partial charge in [0.1, 0.15) is 84.7 Å². The first-order valence-electron chi connectivity index (χ1n) is 21.7. The molecule has 4 aliphatic heterocycles. The van der Waals surface area contributed by atoms with Crippen molar-refractivity contribution in [3.63, 3.8) is 0 Å². The molecule has 0 bridgehead atoms. The monoisotopic (exact) mass is 852 g/mol. The Morgan fingerprint density at radius 2 is 1.10 bits per heavy atom. The molecular weight excluding hydrogens is 801 g/mol. The van der Waals surface area contributed by atoms with Gasteiger partial charge < -0.3 is 49.4 Å². The van der Waals surface area contributed by atoms with Gasteiger partial charge in [-0.05, 0) is 89.5 Å². The van der Waals surface area contributed by atoms with Gasteiger partial charge in [-0.3, -0.25) is 0 Å². The molecule has 0 spiro atoms. The molecule has 2 saturated carbocycles. The summed E-state index contributed by atoms with van der Waals surface area (Å²) in [5.74, 6) is -1.61. The van der Waals surface area contributed by atoms with Gasteiger partial charge in [0.25, 0.3) is 0 Å². The van der Waals surface area contributed by atoms with Crippen LogP contribution in [0.3, 0.4) is 0 Å². The molecule has 328 valence electrons. The Balaban J connectivity index is 0.932. The number of rotatable bonds is 10. The van der Waals surface area contributed by atoms with E-state index in [1.807, 2.05) is 12.1 Å². The fraction of sp³-hybridized carbons (Fsp3) is 0.651. The third-order valence-electron chi connectivity index (χ3n) is 13.8. The smallest absolute Gasteiger partial charge is 0.431 e. The molecule has 19 heteroatoms. The maximum absolute atomic E-state index is 14.4. The predicted molar refractivity (Wildman–Crippen MR) is 215 cm³/mol. The van der Waals surface area contributed by atoms with Gasteiger partial charge in [-0.2, -0.15) is 20.7 Å². The molecule has 2 aliphatic carbocycles. The van der Waals surface area contributed by atoms with Crippen molar-refractivity contribution in [3.05, 3.63) is 48.3 Å². The Morgan fingerprint density at radius 3 is 1.48 bits per heavy atom. The van der Waals surface area contributed by atoms with Crippen molar-refractivity contribution in [1.82, 2.24) is 29.2 Å². The van der Waals surface area contributed by atoms with E-state index < -0.39 is 77.8 Å². The van der Waals surface area contributed by atoms with Crippen LogP contribution in [0.5, 0.6) is 0 Å². The average Bonchev–Trinajstić information content (AvgIpc) is 4.09. The van der Waals surface area contributed by atoms with Crippen molar-refractivity contribution in [1.29, 1.82) is 10.5 Å². The Morgan fingerprint density at radius 1 is 0.694 bits per heavy atom. The maximum Gasteiger partial charge on any atom is 0.508 e. The number of hydrogen-bond donors (Lipinski definition) is 2. The highest BCUT2D eigenvalue weighted by Crippen LogP contribution is 2.54. The van der Waals surface area contributed by atoms with Gasteiger partial charge >= 0.3 is 6.16 Å². The van der Waals surface area contributed by atoms with Crippen LogP contribution in [0, 0.1) is 34.5 Å². The SMILES string of the molecule is CC1(C)OC2C(O1)[C@](C#N)(CC(OC(=O)OC(C[C@]1(C#N)O[C@@H](c3ccc4c(N)ncnn34)C3OC(C)(C)OC31)C1CCCC1)C1CCCC1)O[C@H]2c1ccc2c(N)ncnn12. The molecule has 4 N–H and O–H groups in total. The molecule has 10 atom stereocenters. The van der Waals surface area contributed by atoms with Gasteiger partial charge in [0.15, 0.2) is 34.4 Å². The molecule has 6 aliphatic rings. The van der Waals surface area contributed by atoms with Crippen molar-refractivity contribution < 1.29 is 42.7 Å². The fourth-order valence-electron chi connectivity index (χ4n) is 11.0. The first-order chi connectivity index (χ1) is 29.7. The largest absolute Gasteiger partial charge is 0.508 e. The zero-order valence-corrected chi connectivity index (χ0v) is 35.2. The lowest BCUT2D eigenvalue weighted by molar-refractivity contribution is -0.207. The Kier molecular flexibility index (Phi) is 9.89. The molecule has 0 aromatic carbocycles. The third kappa shape index (κ3) is 6.81. The zero-order valence-electron chi connectivity index (χ0n) is 35.2. The van der Waals surface area contributed by atoms with Crippen molar-refractivity contribution in [3.8, 4) is 12.1 Å². The molecule has 10 rings (SSSR count). The molecule has 62 heavy (non-hydrogen) atoms. The van der Waals surface area contributed by atoms with Gasteiger partial charge in [0.2, 0.25) is 0 Å². The quantitative estimate of drug-likeness (QED) is 0.190. The number of nitrogen functional groups attached to an aromatic ring is 2. The lowest BCUT2D eigenvalue weighted by Crippen LogP contribution is -2.48. The number of anilines is 2. The second-order valence-corrected chi connectivity index (χ2v) is 18.6. The molecule has 4 aromatic heterocycles. The number of carbonyl (C=O) groups is 1. The summed E-state index contributed by atoms with van der Waals surface area (Å²) >= 11 is 0. The van der Waals surface area contributed by atoms with Crippen LogP contribution in [0.4, 0.5) is 16.4 Å². The van der Waals surface area contributed by atoms with Crippen LogP contribution in [0.1, 0.15) is 115 Å². The second-order valence-electron chi connectivity index (χ2n) is 18.6. The van der Waals surface area contributed by atoms with Crippen LogP contribution < -0.4 is 11.5 Å². The molecule has 6 unspecified atom stereocenters. The zero-order chi connectivity index (χ0) is 43.2. The predicted octanol–water partition coefficient (Wildman–Crippen LogP) is 5.40. The number of carbonyl (C=O) groups excluding carboxylic acids is 1. The van der Waals surface area contributed by atoms with E-state index in [4.69, 9.17) is 49.4 Å². The van der Waals surface area contributed by atoms with Crippen molar-refractivity contribution in [2.45, 2.75) is 164 Å². The minimum Gasteiger partial charge on any atom is -0.431 e. The van der Waals surface area contributed by atoms with Gasteiger partial charge in [0, 0.05) is 12.8 Å². The van der Waals surface area contributed by atoms with E-state index in [1.54, 1.807) is 48.9 Å². The summed E-state index contributed by atoms with van der Waals surface area (Å²) in [5.41, 5.74) is 11.6. The average molecular weight is 853 g/mol. The molecule has 0 radical (unpaired) electrons. The van der Waals surface area contributed by atoms with E-state index in [1.165, 1.54) is 12.7 Å². The van der Waals surface area contributed by atoms with E-state index in [2.05, 4.69) is 32.3 Å². The van der Waals surface area contributed by atoms with Crippen molar-refractivity contribution >= 4 is 28.8 Å². The van der Waals surface area contributed by atoms with Gasteiger partial charge in [-0.25, -0.2) is 23.8 Å². The highest BCUT2D eigenvalue weighted by Gasteiger charge is 2.67. The number of fused-ring (bicyclic) bond motifs is 4. The molecule has 8 heterocycles. The van der Waals surface area contributed by atoms with Crippen LogP contribution in [-0.4, -0.2) is 94.8 Å². The summed E-state index contributed by atoms with van der Waals surface area (Å²) in [6.07, 6.45) is 2.66. The van der Waals surface area contributed by atoms with Crippen LogP contribution in [0.15, 0.2) is 36.9 Å². The van der Waals surface area contributed by atoms with E-state index in [0.29, 0.717) is 34.1 Å². The summed E-state index contributed by atoms with van der Waals surface area (Å²) in [5, 5.41) is 31.0. The molecule has 4 aromatic rings. The molecule has 6 fully saturated rings. The maximum atomic E-state index is 14.4. The number of hydrogen-bond acceptors (Lipinski definition) is 17. The second kappa shape index (κ2) is 15.0. The first-order valence-corrected chi connectivity index (χ1v) is 21.7. The summed E-state index contributed by atoms with van der Waals surface area (Å²) in [6.45, 7) is 7.20. The molecule has 19 nitrogen and oxygen atoms in total. The Bertz CT molecular complexity index is 2280. The van der Waals surface area contributed by atoms with E-state index in [9.17, 15) is 15.3 Å². The minimum atomic E-state index is -1.58. The van der Waals surface area contributed by atoms with Gasteiger partial charge in [-0.15, -0.1) is 0 Å². The fourth-order valence-corrected chi connectivity index (χ4v) is 11.0. The molecular formula is C43H52N10O9. The number of ether oxygens (including phenoxy) is 8. The van der Waals surface area contributed by atoms with Gasteiger partial charge in [-0.1, -0.05) is 25.7 Å². The van der Waals surface area contributed by atoms with Crippen LogP contribution in [0.2, 0.25) is 0 Å². The standard InChI is InChI=1S/C43H52N10O9/c1-40(2)57-33-31(25-13-15-27-37(46)48-21-50-52(25)27)59-42(19-44,35(33)61-40)17-29(23-9-5-6-10-23)55-39(54)56-30(24-11-7-8-12-24)18-43(20-45)36-34(58-41(3,4)62-36)32(60-43)26-14-16-28-38(47)49-22-51-53(26)28/h13-16,21-24,29-36H,5-12,17-18H2,1-4H3,(H2,46,48,50)(H2,47,49,51)/t29?,30?,31-,32-,33?,34?,35?,36?,42+,43+/m0/s1. The summed E-state index contributed by atoms with van der Waals surface area (Å²) in [7, 11) is 0. The molecule has 4 saturated heterocycles. The first kappa shape index (κ1) is 40.9. The lowest BCUT2D eigenvalue weighted by atomic mass is 9.85. The van der Waals surface area contributed by atoms with Crippen LogP contribution in [-0.2, 0) is 37.9 Å². The van der Waals surface area contributed by atoms with Crippen molar-refractivity contribution in [2.24, 2.45) is 11.8 Å². The van der Waals surface area contributed by atoms with E-state index in [0.717, 1.165) is 51.4 Å². The highest BCUT2D eigenvalue weighted by atomic mass is 16.8. The number of nitriles is 2. The third-order valence-corrected chi connectivity index (χ3v) is 13.8. The summed E-state index contributed by atoms with van der Waals surface area (Å²) in [4.78, 5) is 22.6. The van der Waals surface area contributed by atoms with E-state index in [-0.39, 0.29) is 24.7 Å². The number of nitrogens with two attached hydrogens (primary N) is 2. The summed E-state index contributed by atoms with van der Waals surface area (Å²) < 4.78 is 55.4. The lowest BCUT2D eigenvalue weighted by Gasteiger charge is -2.35. The summed E-state index contributed by atoms with van der Waals surface area (Å²) in [6, 6.07) is 12.2. The highest BCUT2D eigenvalue weighted by molar-refractivity contribution is 5.66. The minimum absolute atomic E-state index is 0.00514. The van der Waals surface area contributed by atoms with Crippen molar-refractivity contribution in [2.75, 3.05) is 11.5 Å². The van der Waals surface area contributed by atoms with Crippen LogP contribution >= 0.6 is 0 Å². The number of aromatic nitrogens is 6.